The Hall–Kier alpha value is -1.71. The molecule has 84 valence electrons. The van der Waals surface area contributed by atoms with Crippen molar-refractivity contribution < 1.29 is 18.7 Å². The van der Waals surface area contributed by atoms with E-state index >= 15 is 0 Å². The van der Waals surface area contributed by atoms with Gasteiger partial charge in [-0.2, -0.15) is 0 Å². The van der Waals surface area contributed by atoms with Crippen molar-refractivity contribution in [2.24, 2.45) is 0 Å². The highest BCUT2D eigenvalue weighted by Crippen LogP contribution is 2.25. The number of esters is 1. The highest BCUT2D eigenvalue weighted by Gasteiger charge is 2.31. The quantitative estimate of drug-likeness (QED) is 0.680. The number of ether oxygens (including phenoxy) is 1. The van der Waals surface area contributed by atoms with Crippen LogP contribution in [-0.2, 0) is 16.0 Å². The van der Waals surface area contributed by atoms with Crippen LogP contribution in [0, 0.1) is 12.7 Å². The van der Waals surface area contributed by atoms with Gasteiger partial charge in [-0.3, -0.25) is 4.79 Å². The van der Waals surface area contributed by atoms with E-state index in [1.807, 2.05) is 0 Å². The van der Waals surface area contributed by atoms with Gasteiger partial charge in [-0.05, 0) is 31.5 Å². The van der Waals surface area contributed by atoms with E-state index in [0.717, 1.165) is 0 Å². The Morgan fingerprint density at radius 3 is 2.81 bits per heavy atom. The Bertz CT molecular complexity index is 479. The Morgan fingerprint density at radius 1 is 1.50 bits per heavy atom. The molecule has 16 heavy (non-hydrogen) atoms. The van der Waals surface area contributed by atoms with Gasteiger partial charge < -0.3 is 4.74 Å². The van der Waals surface area contributed by atoms with Gasteiger partial charge in [0.1, 0.15) is 5.82 Å². The fraction of sp³-hybridized carbons (Fsp3) is 0.333. The van der Waals surface area contributed by atoms with Crippen LogP contribution in [0.5, 0.6) is 0 Å². The first-order chi connectivity index (χ1) is 7.49. The lowest BCUT2D eigenvalue weighted by Crippen LogP contribution is -2.33. The topological polar surface area (TPSA) is 43.4 Å². The number of ketones is 1. The standard InChI is InChI=1S/C12H11FO3/c1-6-3-9-8(10(13)4-6)5-11(7(2)14)16-12(9)15/h3-4,11H,5H2,1-2H3. The monoisotopic (exact) mass is 222 g/mol. The third-order valence-electron chi connectivity index (χ3n) is 2.65. The minimum atomic E-state index is -0.850. The molecule has 3 nitrogen and oxygen atoms in total. The summed E-state index contributed by atoms with van der Waals surface area (Å²) in [5.41, 5.74) is 1.17. The van der Waals surface area contributed by atoms with Gasteiger partial charge in [-0.25, -0.2) is 9.18 Å². The van der Waals surface area contributed by atoms with Crippen LogP contribution < -0.4 is 0 Å². The average Bonchev–Trinajstić information content (AvgIpc) is 2.19. The highest BCUT2D eigenvalue weighted by molar-refractivity contribution is 5.96. The normalized spacial score (nSPS) is 18.9. The van der Waals surface area contributed by atoms with Crippen molar-refractivity contribution in [3.63, 3.8) is 0 Å². The van der Waals surface area contributed by atoms with Crippen molar-refractivity contribution in [2.45, 2.75) is 26.4 Å². The van der Waals surface area contributed by atoms with Gasteiger partial charge >= 0.3 is 5.97 Å². The molecule has 2 rings (SSSR count). The molecule has 0 aliphatic carbocycles. The van der Waals surface area contributed by atoms with E-state index in [-0.39, 0.29) is 23.3 Å². The van der Waals surface area contributed by atoms with Gasteiger partial charge in [0.05, 0.1) is 5.56 Å². The molecule has 0 amide bonds. The summed E-state index contributed by atoms with van der Waals surface area (Å²) in [6, 6.07) is 2.94. The van der Waals surface area contributed by atoms with Crippen LogP contribution >= 0.6 is 0 Å². The number of cyclic esters (lactones) is 1. The zero-order valence-corrected chi connectivity index (χ0v) is 9.04. The smallest absolute Gasteiger partial charge is 0.339 e. The molecule has 0 saturated carbocycles. The van der Waals surface area contributed by atoms with Crippen LogP contribution in [0.1, 0.15) is 28.4 Å². The number of aryl methyl sites for hydroxylation is 1. The van der Waals surface area contributed by atoms with Crippen LogP contribution in [-0.4, -0.2) is 17.9 Å². The molecule has 0 saturated heterocycles. The molecule has 0 radical (unpaired) electrons. The van der Waals surface area contributed by atoms with Gasteiger partial charge in [-0.1, -0.05) is 0 Å². The van der Waals surface area contributed by atoms with Crippen molar-refractivity contribution in [1.29, 1.82) is 0 Å². The lowest BCUT2D eigenvalue weighted by Gasteiger charge is -2.23. The molecule has 1 aliphatic heterocycles. The van der Waals surface area contributed by atoms with E-state index in [0.29, 0.717) is 5.56 Å². The summed E-state index contributed by atoms with van der Waals surface area (Å²) in [7, 11) is 0. The first-order valence-corrected chi connectivity index (χ1v) is 4.99. The van der Waals surface area contributed by atoms with Crippen molar-refractivity contribution in [2.75, 3.05) is 0 Å². The SMILES string of the molecule is CC(=O)C1Cc2c(F)cc(C)cc2C(=O)O1. The number of halogens is 1. The van der Waals surface area contributed by atoms with Crippen molar-refractivity contribution in [1.82, 2.24) is 0 Å². The Morgan fingerprint density at radius 2 is 2.19 bits per heavy atom. The predicted molar refractivity (Wildman–Crippen MR) is 54.7 cm³/mol. The molecule has 1 aromatic carbocycles. The van der Waals surface area contributed by atoms with Crippen LogP contribution in [0.25, 0.3) is 0 Å². The molecular formula is C12H11FO3. The van der Waals surface area contributed by atoms with E-state index in [1.165, 1.54) is 13.0 Å². The second-order valence-corrected chi connectivity index (χ2v) is 3.98. The first kappa shape index (κ1) is 10.8. The third-order valence-corrected chi connectivity index (χ3v) is 2.65. The fourth-order valence-corrected chi connectivity index (χ4v) is 1.81. The van der Waals surface area contributed by atoms with Crippen LogP contribution in [0.4, 0.5) is 4.39 Å². The van der Waals surface area contributed by atoms with Gasteiger partial charge in [0.15, 0.2) is 11.9 Å². The second kappa shape index (κ2) is 3.70. The zero-order valence-electron chi connectivity index (χ0n) is 9.04. The minimum absolute atomic E-state index is 0.127. The van der Waals surface area contributed by atoms with Crippen LogP contribution in [0.3, 0.4) is 0 Å². The molecule has 0 N–H and O–H groups in total. The van der Waals surface area contributed by atoms with Crippen molar-refractivity contribution in [3.8, 4) is 0 Å². The number of hydrogen-bond acceptors (Lipinski definition) is 3. The first-order valence-electron chi connectivity index (χ1n) is 4.99. The summed E-state index contributed by atoms with van der Waals surface area (Å²) in [5.74, 6) is -1.33. The predicted octanol–water partition coefficient (Wildman–Crippen LogP) is 1.80. The Kier molecular flexibility index (Phi) is 2.50. The lowest BCUT2D eigenvalue weighted by molar-refractivity contribution is -0.125. The molecule has 0 fully saturated rings. The molecule has 0 bridgehead atoms. The second-order valence-electron chi connectivity index (χ2n) is 3.98. The zero-order chi connectivity index (χ0) is 11.9. The molecule has 1 unspecified atom stereocenters. The van der Waals surface area contributed by atoms with E-state index in [2.05, 4.69) is 0 Å². The number of benzene rings is 1. The van der Waals surface area contributed by atoms with Gasteiger partial charge in [0.25, 0.3) is 0 Å². The number of fused-ring (bicyclic) bond motifs is 1. The summed E-state index contributed by atoms with van der Waals surface area (Å²) in [4.78, 5) is 22.7. The van der Waals surface area contributed by atoms with Crippen molar-refractivity contribution >= 4 is 11.8 Å². The maximum Gasteiger partial charge on any atom is 0.339 e. The Labute approximate surface area is 92.2 Å². The summed E-state index contributed by atoms with van der Waals surface area (Å²) in [6.45, 7) is 3.03. The summed E-state index contributed by atoms with van der Waals surface area (Å²) < 4.78 is 18.6. The van der Waals surface area contributed by atoms with E-state index in [4.69, 9.17) is 4.74 Å². The number of carbonyl (C=O) groups excluding carboxylic acids is 2. The molecule has 1 aliphatic rings. The van der Waals surface area contributed by atoms with Gasteiger partial charge in [0, 0.05) is 12.0 Å². The number of carbonyl (C=O) groups is 2. The summed E-state index contributed by atoms with van der Waals surface area (Å²) in [5, 5.41) is 0. The summed E-state index contributed by atoms with van der Waals surface area (Å²) >= 11 is 0. The average molecular weight is 222 g/mol. The molecule has 1 heterocycles. The highest BCUT2D eigenvalue weighted by atomic mass is 19.1. The molecule has 0 aromatic heterocycles. The van der Waals surface area contributed by atoms with Crippen molar-refractivity contribution in [3.05, 3.63) is 34.6 Å². The van der Waals surface area contributed by atoms with E-state index in [1.54, 1.807) is 13.0 Å². The number of rotatable bonds is 1. The molecule has 1 aromatic rings. The van der Waals surface area contributed by atoms with E-state index in [9.17, 15) is 14.0 Å². The minimum Gasteiger partial charge on any atom is -0.450 e. The largest absolute Gasteiger partial charge is 0.450 e. The lowest BCUT2D eigenvalue weighted by atomic mass is 9.95. The van der Waals surface area contributed by atoms with Gasteiger partial charge in [0.2, 0.25) is 0 Å². The van der Waals surface area contributed by atoms with Crippen LogP contribution in [0.15, 0.2) is 12.1 Å². The van der Waals surface area contributed by atoms with E-state index < -0.39 is 17.9 Å². The number of hydrogen-bond donors (Lipinski definition) is 0. The summed E-state index contributed by atoms with van der Waals surface area (Å²) in [6.07, 6.45) is -0.722. The molecule has 0 spiro atoms. The molecular weight excluding hydrogens is 211 g/mol. The van der Waals surface area contributed by atoms with Crippen LogP contribution in [0.2, 0.25) is 0 Å². The van der Waals surface area contributed by atoms with Gasteiger partial charge in [-0.15, -0.1) is 0 Å². The fourth-order valence-electron chi connectivity index (χ4n) is 1.81. The third kappa shape index (κ3) is 1.71. The Balaban J connectivity index is 2.50. The maximum absolute atomic E-state index is 13.6. The maximum atomic E-state index is 13.6. The molecule has 1 atom stereocenters. The number of Topliss-reactive ketones (excluding diaryl/α,β-unsaturated/α-hetero) is 1. The molecule has 4 heteroatoms.